The Morgan fingerprint density at radius 2 is 0.746 bits per heavy atom. The van der Waals surface area contributed by atoms with Crippen molar-refractivity contribution in [3.63, 3.8) is 0 Å². The van der Waals surface area contributed by atoms with Crippen LogP contribution in [-0.2, 0) is 16.2 Å². The van der Waals surface area contributed by atoms with E-state index in [0.29, 0.717) is 0 Å². The molecule has 0 atom stereocenters. The highest BCUT2D eigenvalue weighted by Crippen LogP contribution is 2.63. The van der Waals surface area contributed by atoms with Gasteiger partial charge in [0.25, 0.3) is 0 Å². The van der Waals surface area contributed by atoms with Gasteiger partial charge in [0.1, 0.15) is 0 Å². The first-order chi connectivity index (χ1) is 30.7. The van der Waals surface area contributed by atoms with Gasteiger partial charge in [-0.1, -0.05) is 155 Å². The average molecular weight is 809 g/mol. The zero-order valence-electron chi connectivity index (χ0n) is 36.3. The van der Waals surface area contributed by atoms with Crippen molar-refractivity contribution >= 4 is 44.9 Å². The summed E-state index contributed by atoms with van der Waals surface area (Å²) in [5.41, 5.74) is 23.4. The Kier molecular flexibility index (Phi) is 7.49. The molecule has 0 heterocycles. The zero-order chi connectivity index (χ0) is 42.2. The number of nitrogens with zero attached hydrogens (tertiary/aromatic N) is 2. The maximum absolute atomic E-state index is 2.53. The second-order valence-corrected chi connectivity index (χ2v) is 19.3. The molecule has 9 aromatic rings. The van der Waals surface area contributed by atoms with E-state index in [1.807, 2.05) is 0 Å². The topological polar surface area (TPSA) is 6.48 Å². The van der Waals surface area contributed by atoms with Crippen LogP contribution in [0.5, 0.6) is 0 Å². The smallest absolute Gasteiger partial charge is 0.0540 e. The molecule has 2 nitrogen and oxygen atoms in total. The van der Waals surface area contributed by atoms with E-state index in [4.69, 9.17) is 0 Å². The molecule has 0 amide bonds. The second kappa shape index (κ2) is 12.9. The highest BCUT2D eigenvalue weighted by Gasteiger charge is 2.51. The summed E-state index contributed by atoms with van der Waals surface area (Å²) in [5.74, 6) is 0. The van der Waals surface area contributed by atoms with Gasteiger partial charge in [0.05, 0.1) is 5.69 Å². The maximum atomic E-state index is 2.53. The van der Waals surface area contributed by atoms with Crippen molar-refractivity contribution in [2.24, 2.45) is 0 Å². The molecule has 13 rings (SSSR count). The summed E-state index contributed by atoms with van der Waals surface area (Å²) < 4.78 is 0. The lowest BCUT2D eigenvalue weighted by Crippen LogP contribution is -2.19. The van der Waals surface area contributed by atoms with Crippen molar-refractivity contribution in [1.82, 2.24) is 0 Å². The number of anilines is 6. The lowest BCUT2D eigenvalue weighted by molar-refractivity contribution is 0.660. The fourth-order valence-corrected chi connectivity index (χ4v) is 12.0. The molecule has 2 heteroatoms. The minimum atomic E-state index is -0.0930. The Morgan fingerprint density at radius 3 is 1.30 bits per heavy atom. The van der Waals surface area contributed by atoms with Gasteiger partial charge >= 0.3 is 0 Å². The Morgan fingerprint density at radius 1 is 0.317 bits per heavy atom. The molecule has 1 saturated carbocycles. The molecule has 0 bridgehead atoms. The van der Waals surface area contributed by atoms with Crippen LogP contribution in [0.25, 0.3) is 44.2 Å². The molecular formula is C61H48N2. The van der Waals surface area contributed by atoms with Gasteiger partial charge in [0, 0.05) is 50.1 Å². The second-order valence-electron chi connectivity index (χ2n) is 19.3. The van der Waals surface area contributed by atoms with Crippen LogP contribution in [0, 0.1) is 0 Å². The third-order valence-corrected chi connectivity index (χ3v) is 15.3. The standard InChI is InChI=1S/C61H48N2/c1-59(2)51-23-13-11-20-44(51)46-29-26-41(36-54(46)59)62(39-16-7-5-8-17-39)42-27-31-48-49-32-33-57(50-22-15-25-53(58(49)50)61(34-35-61)56(48)38-42)63(40-18-9-6-10-19-40)43-28-30-47-45-21-12-14-24-52(45)60(3,4)55(47)37-43/h5-33,36-38H,34-35H2,1-4H3. The molecule has 0 saturated heterocycles. The van der Waals surface area contributed by atoms with Gasteiger partial charge in [0.2, 0.25) is 0 Å². The van der Waals surface area contributed by atoms with Gasteiger partial charge < -0.3 is 9.80 Å². The van der Waals surface area contributed by atoms with E-state index in [9.17, 15) is 0 Å². The maximum Gasteiger partial charge on any atom is 0.0540 e. The molecule has 0 radical (unpaired) electrons. The van der Waals surface area contributed by atoms with Crippen molar-refractivity contribution in [1.29, 1.82) is 0 Å². The summed E-state index contributed by atoms with van der Waals surface area (Å²) in [4.78, 5) is 4.97. The minimum absolute atomic E-state index is 0.0264. The van der Waals surface area contributed by atoms with Gasteiger partial charge in [-0.05, 0) is 152 Å². The zero-order valence-corrected chi connectivity index (χ0v) is 36.3. The van der Waals surface area contributed by atoms with E-state index >= 15 is 0 Å². The summed E-state index contributed by atoms with van der Waals surface area (Å²) in [5, 5.41) is 2.69. The summed E-state index contributed by atoms with van der Waals surface area (Å²) >= 11 is 0. The molecule has 0 N–H and O–H groups in total. The van der Waals surface area contributed by atoms with Crippen LogP contribution in [0.1, 0.15) is 73.9 Å². The molecule has 0 unspecified atom stereocenters. The lowest BCUT2D eigenvalue weighted by Gasteiger charge is -2.34. The number of hydrogen-bond acceptors (Lipinski definition) is 2. The number of rotatable bonds is 6. The van der Waals surface area contributed by atoms with E-state index in [1.165, 1.54) is 106 Å². The third-order valence-electron chi connectivity index (χ3n) is 15.3. The first kappa shape index (κ1) is 36.5. The largest absolute Gasteiger partial charge is 0.310 e. The van der Waals surface area contributed by atoms with Crippen molar-refractivity contribution in [2.75, 3.05) is 9.80 Å². The molecule has 63 heavy (non-hydrogen) atoms. The quantitative estimate of drug-likeness (QED) is 0.165. The van der Waals surface area contributed by atoms with E-state index in [-0.39, 0.29) is 16.2 Å². The fourth-order valence-electron chi connectivity index (χ4n) is 12.0. The molecule has 4 aliphatic rings. The van der Waals surface area contributed by atoms with Crippen molar-refractivity contribution in [2.45, 2.75) is 56.8 Å². The van der Waals surface area contributed by atoms with Gasteiger partial charge in [-0.15, -0.1) is 0 Å². The Labute approximate surface area is 370 Å². The van der Waals surface area contributed by atoms with E-state index < -0.39 is 0 Å². The summed E-state index contributed by atoms with van der Waals surface area (Å²) in [6.45, 7) is 9.50. The normalized spacial score (nSPS) is 15.9. The Bertz CT molecular complexity index is 3350. The van der Waals surface area contributed by atoms with E-state index in [0.717, 1.165) is 18.5 Å². The molecule has 1 fully saturated rings. The van der Waals surface area contributed by atoms with Crippen LogP contribution in [0.2, 0.25) is 0 Å². The SMILES string of the molecule is CC1(C)c2ccccc2-c2ccc(N(c3ccccc3)c3ccc4c(c3)C3(CC3)c3cccc5c(N(c6ccccc6)c6ccc7c(c6)C(C)(C)c6ccccc6-7)ccc-4c35)cc21. The van der Waals surface area contributed by atoms with Crippen LogP contribution >= 0.6 is 0 Å². The molecule has 9 aromatic carbocycles. The van der Waals surface area contributed by atoms with Crippen LogP contribution in [0.4, 0.5) is 34.1 Å². The highest BCUT2D eigenvalue weighted by molar-refractivity contribution is 6.11. The van der Waals surface area contributed by atoms with Crippen LogP contribution in [0.3, 0.4) is 0 Å². The monoisotopic (exact) mass is 808 g/mol. The first-order valence-corrected chi connectivity index (χ1v) is 22.6. The van der Waals surface area contributed by atoms with Crippen molar-refractivity contribution < 1.29 is 0 Å². The Balaban J connectivity index is 0.964. The number of benzene rings is 9. The van der Waals surface area contributed by atoms with Gasteiger partial charge in [-0.3, -0.25) is 0 Å². The summed E-state index contributed by atoms with van der Waals surface area (Å²) in [6, 6.07) is 73.2. The number of hydrogen-bond donors (Lipinski definition) is 0. The average Bonchev–Trinajstić information content (AvgIpc) is 4.05. The van der Waals surface area contributed by atoms with Gasteiger partial charge in [-0.2, -0.15) is 0 Å². The van der Waals surface area contributed by atoms with Gasteiger partial charge in [-0.25, -0.2) is 0 Å². The van der Waals surface area contributed by atoms with Crippen molar-refractivity contribution in [3.05, 3.63) is 228 Å². The molecule has 0 aliphatic heterocycles. The predicted octanol–water partition coefficient (Wildman–Crippen LogP) is 16.5. The number of fused-ring (bicyclic) bond motifs is 10. The molecule has 1 spiro atoms. The molecule has 302 valence electrons. The molecular weight excluding hydrogens is 761 g/mol. The Hall–Kier alpha value is -7.16. The minimum Gasteiger partial charge on any atom is -0.310 e. The van der Waals surface area contributed by atoms with Crippen LogP contribution < -0.4 is 9.80 Å². The third kappa shape index (κ3) is 5.07. The predicted molar refractivity (Wildman–Crippen MR) is 264 cm³/mol. The summed E-state index contributed by atoms with van der Waals surface area (Å²) in [6.07, 6.45) is 2.29. The van der Waals surface area contributed by atoms with E-state index in [2.05, 4.69) is 232 Å². The van der Waals surface area contributed by atoms with E-state index in [1.54, 1.807) is 0 Å². The molecule has 0 aromatic heterocycles. The summed E-state index contributed by atoms with van der Waals surface area (Å²) in [7, 11) is 0. The molecule has 4 aliphatic carbocycles. The van der Waals surface area contributed by atoms with Crippen molar-refractivity contribution in [3.8, 4) is 33.4 Å². The lowest BCUT2D eigenvalue weighted by atomic mass is 9.74. The number of para-hydroxylation sites is 2. The van der Waals surface area contributed by atoms with Crippen LogP contribution in [-0.4, -0.2) is 0 Å². The van der Waals surface area contributed by atoms with Gasteiger partial charge in [0.15, 0.2) is 0 Å². The first-order valence-electron chi connectivity index (χ1n) is 22.6. The fraction of sp³-hybridized carbons (Fsp3) is 0.148. The highest BCUT2D eigenvalue weighted by atomic mass is 15.1. The van der Waals surface area contributed by atoms with Crippen LogP contribution in [0.15, 0.2) is 194 Å².